The van der Waals surface area contributed by atoms with Crippen molar-refractivity contribution in [1.82, 2.24) is 9.97 Å². The van der Waals surface area contributed by atoms with E-state index in [0.717, 1.165) is 46.6 Å². The second-order valence-corrected chi connectivity index (χ2v) is 5.06. The molecule has 0 radical (unpaired) electrons. The van der Waals surface area contributed by atoms with E-state index >= 15 is 0 Å². The number of aromatic nitrogens is 2. The van der Waals surface area contributed by atoms with Crippen molar-refractivity contribution in [3.8, 4) is 17.0 Å². The lowest BCUT2D eigenvalue weighted by Gasteiger charge is -2.10. The SMILES string of the molecule is CC.CC.Cc1cc(-c2ccccn2)c2ccc3c(c2n1)CCO3. The van der Waals surface area contributed by atoms with Gasteiger partial charge < -0.3 is 4.74 Å². The highest BCUT2D eigenvalue weighted by Gasteiger charge is 2.18. The molecule has 0 aliphatic carbocycles. The third kappa shape index (κ3) is 3.40. The summed E-state index contributed by atoms with van der Waals surface area (Å²) in [6.07, 6.45) is 2.76. The molecule has 0 unspecified atom stereocenters. The molecule has 3 nitrogen and oxygen atoms in total. The van der Waals surface area contributed by atoms with Gasteiger partial charge in [-0.2, -0.15) is 0 Å². The molecule has 0 fully saturated rings. The van der Waals surface area contributed by atoms with Crippen LogP contribution in [0.25, 0.3) is 22.2 Å². The first-order chi connectivity index (χ1) is 11.8. The second-order valence-electron chi connectivity index (χ2n) is 5.06. The summed E-state index contributed by atoms with van der Waals surface area (Å²) in [5.41, 5.74) is 5.42. The first kappa shape index (κ1) is 17.9. The number of pyridine rings is 2. The molecule has 0 amide bonds. The normalized spacial score (nSPS) is 11.5. The van der Waals surface area contributed by atoms with E-state index in [1.54, 1.807) is 0 Å². The van der Waals surface area contributed by atoms with E-state index < -0.39 is 0 Å². The first-order valence-electron chi connectivity index (χ1n) is 8.80. The van der Waals surface area contributed by atoms with Gasteiger partial charge in [0.05, 0.1) is 17.8 Å². The van der Waals surface area contributed by atoms with Crippen LogP contribution in [0.2, 0.25) is 0 Å². The fourth-order valence-electron chi connectivity index (χ4n) is 2.83. The molecule has 1 aliphatic heterocycles. The Morgan fingerprint density at radius 2 is 1.79 bits per heavy atom. The lowest BCUT2D eigenvalue weighted by molar-refractivity contribution is 0.357. The van der Waals surface area contributed by atoms with Gasteiger partial charge in [-0.25, -0.2) is 0 Å². The standard InChI is InChI=1S/C17H14N2O.2C2H6/c1-11-10-14(15-4-2-3-8-18-15)12-5-6-16-13(7-9-20-16)17(12)19-11;2*1-2/h2-6,8,10H,7,9H2,1H3;2*1-2H3. The second kappa shape index (κ2) is 8.44. The Hall–Kier alpha value is -2.42. The van der Waals surface area contributed by atoms with Gasteiger partial charge in [0.1, 0.15) is 5.75 Å². The van der Waals surface area contributed by atoms with Crippen molar-refractivity contribution >= 4 is 10.9 Å². The molecule has 0 saturated heterocycles. The predicted molar refractivity (Wildman–Crippen MR) is 102 cm³/mol. The number of nitrogens with zero attached hydrogens (tertiary/aromatic N) is 2. The largest absolute Gasteiger partial charge is 0.493 e. The van der Waals surface area contributed by atoms with Gasteiger partial charge >= 0.3 is 0 Å². The topological polar surface area (TPSA) is 35.0 Å². The van der Waals surface area contributed by atoms with Crippen LogP contribution in [0.4, 0.5) is 0 Å². The number of rotatable bonds is 1. The molecule has 3 aromatic rings. The summed E-state index contributed by atoms with van der Waals surface area (Å²) in [5, 5.41) is 1.15. The zero-order chi connectivity index (χ0) is 17.5. The minimum atomic E-state index is 0.753. The Morgan fingerprint density at radius 1 is 1.00 bits per heavy atom. The molecule has 0 N–H and O–H groups in total. The van der Waals surface area contributed by atoms with Crippen molar-refractivity contribution in [2.75, 3.05) is 6.61 Å². The van der Waals surface area contributed by atoms with E-state index in [0.29, 0.717) is 0 Å². The van der Waals surface area contributed by atoms with Crippen molar-refractivity contribution in [2.24, 2.45) is 0 Å². The minimum absolute atomic E-state index is 0.753. The summed E-state index contributed by atoms with van der Waals surface area (Å²) in [6, 6.07) is 12.2. The number of hydrogen-bond acceptors (Lipinski definition) is 3. The quantitative estimate of drug-likeness (QED) is 0.585. The summed E-state index contributed by atoms with van der Waals surface area (Å²) < 4.78 is 5.64. The summed E-state index contributed by atoms with van der Waals surface area (Å²) >= 11 is 0. The van der Waals surface area contributed by atoms with Crippen molar-refractivity contribution in [3.63, 3.8) is 0 Å². The molecule has 0 bridgehead atoms. The van der Waals surface area contributed by atoms with Gasteiger partial charge in [-0.15, -0.1) is 0 Å². The fraction of sp³-hybridized carbons (Fsp3) is 0.333. The van der Waals surface area contributed by atoms with E-state index in [1.807, 2.05) is 65.1 Å². The monoisotopic (exact) mass is 322 g/mol. The molecule has 3 heteroatoms. The van der Waals surface area contributed by atoms with E-state index in [2.05, 4.69) is 17.1 Å². The lowest BCUT2D eigenvalue weighted by Crippen LogP contribution is -1.93. The van der Waals surface area contributed by atoms with Crippen molar-refractivity contribution in [3.05, 3.63) is 53.9 Å². The van der Waals surface area contributed by atoms with E-state index in [-0.39, 0.29) is 0 Å². The fourth-order valence-corrected chi connectivity index (χ4v) is 2.83. The Balaban J connectivity index is 0.000000487. The third-order valence-corrected chi connectivity index (χ3v) is 3.72. The molecule has 0 saturated carbocycles. The molecule has 0 spiro atoms. The molecular formula is C21H26N2O. The molecular weight excluding hydrogens is 296 g/mol. The van der Waals surface area contributed by atoms with Gasteiger partial charge in [-0.1, -0.05) is 33.8 Å². The van der Waals surface area contributed by atoms with Crippen molar-refractivity contribution in [1.29, 1.82) is 0 Å². The summed E-state index contributed by atoms with van der Waals surface area (Å²) in [7, 11) is 0. The predicted octanol–water partition coefficient (Wildman–Crippen LogP) is 5.59. The van der Waals surface area contributed by atoms with Crippen LogP contribution in [0.15, 0.2) is 42.6 Å². The maximum absolute atomic E-state index is 5.64. The van der Waals surface area contributed by atoms with E-state index in [4.69, 9.17) is 9.72 Å². The zero-order valence-corrected chi connectivity index (χ0v) is 15.3. The highest BCUT2D eigenvalue weighted by molar-refractivity contribution is 5.96. The highest BCUT2D eigenvalue weighted by Crippen LogP contribution is 2.35. The van der Waals surface area contributed by atoms with Gasteiger partial charge in [0.15, 0.2) is 0 Å². The van der Waals surface area contributed by atoms with Crippen LogP contribution in [0.5, 0.6) is 5.75 Å². The average Bonchev–Trinajstić information content (AvgIpc) is 3.14. The number of aryl methyl sites for hydroxylation is 1. The molecule has 2 aromatic heterocycles. The number of fused-ring (bicyclic) bond motifs is 3. The first-order valence-corrected chi connectivity index (χ1v) is 8.80. The molecule has 0 atom stereocenters. The Kier molecular flexibility index (Phi) is 6.30. The van der Waals surface area contributed by atoms with Gasteiger partial charge in [-0.3, -0.25) is 9.97 Å². The molecule has 24 heavy (non-hydrogen) atoms. The van der Waals surface area contributed by atoms with Gasteiger partial charge in [-0.05, 0) is 37.3 Å². The average molecular weight is 322 g/mol. The van der Waals surface area contributed by atoms with E-state index in [9.17, 15) is 0 Å². The van der Waals surface area contributed by atoms with Gasteiger partial charge in [0.2, 0.25) is 0 Å². The van der Waals surface area contributed by atoms with Crippen LogP contribution in [0.1, 0.15) is 39.0 Å². The summed E-state index contributed by atoms with van der Waals surface area (Å²) in [4.78, 5) is 9.20. The maximum atomic E-state index is 5.64. The van der Waals surface area contributed by atoms with Crippen LogP contribution in [0, 0.1) is 6.92 Å². The van der Waals surface area contributed by atoms with E-state index in [1.165, 1.54) is 5.56 Å². The summed E-state index contributed by atoms with van der Waals surface area (Å²) in [6.45, 7) is 10.8. The van der Waals surface area contributed by atoms with Crippen LogP contribution in [-0.4, -0.2) is 16.6 Å². The van der Waals surface area contributed by atoms with Crippen LogP contribution < -0.4 is 4.74 Å². The van der Waals surface area contributed by atoms with Crippen LogP contribution in [0.3, 0.4) is 0 Å². The zero-order valence-electron chi connectivity index (χ0n) is 15.3. The molecule has 4 rings (SSSR count). The minimum Gasteiger partial charge on any atom is -0.493 e. The Morgan fingerprint density at radius 3 is 2.50 bits per heavy atom. The molecule has 1 aromatic carbocycles. The third-order valence-electron chi connectivity index (χ3n) is 3.72. The number of benzene rings is 1. The number of ether oxygens (including phenoxy) is 1. The van der Waals surface area contributed by atoms with Crippen LogP contribution in [-0.2, 0) is 6.42 Å². The molecule has 3 heterocycles. The Labute approximate surface area is 144 Å². The summed E-state index contributed by atoms with van der Waals surface area (Å²) in [5.74, 6) is 0.975. The van der Waals surface area contributed by atoms with Crippen molar-refractivity contribution < 1.29 is 4.74 Å². The Bertz CT molecular complexity index is 798. The molecule has 126 valence electrons. The van der Waals surface area contributed by atoms with Crippen LogP contribution >= 0.6 is 0 Å². The highest BCUT2D eigenvalue weighted by atomic mass is 16.5. The maximum Gasteiger partial charge on any atom is 0.124 e. The number of hydrogen-bond donors (Lipinski definition) is 0. The van der Waals surface area contributed by atoms with Gasteiger partial charge in [0, 0.05) is 34.8 Å². The van der Waals surface area contributed by atoms with Gasteiger partial charge in [0.25, 0.3) is 0 Å². The smallest absolute Gasteiger partial charge is 0.124 e. The lowest BCUT2D eigenvalue weighted by atomic mass is 10.0. The van der Waals surface area contributed by atoms with Crippen molar-refractivity contribution in [2.45, 2.75) is 41.0 Å². The molecule has 1 aliphatic rings.